The number of amides is 1. The van der Waals surface area contributed by atoms with Gasteiger partial charge in [-0.1, -0.05) is 24.3 Å². The molecule has 3 aliphatic rings. The lowest BCUT2D eigenvalue weighted by Crippen LogP contribution is -2.49. The van der Waals surface area contributed by atoms with Crippen LogP contribution in [0.4, 0.5) is 0 Å². The van der Waals surface area contributed by atoms with Crippen LogP contribution >= 0.6 is 23.5 Å². The van der Waals surface area contributed by atoms with Crippen LogP contribution in [0, 0.1) is 5.92 Å². The average Bonchev–Trinajstić information content (AvgIpc) is 3.33. The van der Waals surface area contributed by atoms with Crippen molar-refractivity contribution >= 4 is 35.2 Å². The summed E-state index contributed by atoms with van der Waals surface area (Å²) < 4.78 is 0. The zero-order valence-corrected chi connectivity index (χ0v) is 15.9. The number of aryl methyl sites for hydroxylation is 1. The molecular formula is C19H24N2O2S2. The third-order valence-electron chi connectivity index (χ3n) is 5.46. The molecule has 1 aromatic carbocycles. The molecule has 0 aromatic heterocycles. The number of thioether (sulfide) groups is 2. The number of fused-ring (bicyclic) bond motifs is 1. The molecule has 134 valence electrons. The van der Waals surface area contributed by atoms with Crippen molar-refractivity contribution in [2.75, 3.05) is 24.1 Å². The number of carbonyl (C=O) groups is 2. The molecule has 2 aliphatic heterocycles. The lowest BCUT2D eigenvalue weighted by Gasteiger charge is -2.26. The summed E-state index contributed by atoms with van der Waals surface area (Å²) >= 11 is 3.39. The highest BCUT2D eigenvalue weighted by Gasteiger charge is 2.41. The second kappa shape index (κ2) is 7.72. The second-order valence-electron chi connectivity index (χ2n) is 7.10. The lowest BCUT2D eigenvalue weighted by atomic mass is 9.81. The summed E-state index contributed by atoms with van der Waals surface area (Å²) in [5.74, 6) is 3.25. The molecule has 2 fully saturated rings. The first kappa shape index (κ1) is 17.4. The lowest BCUT2D eigenvalue weighted by molar-refractivity contribution is -0.133. The number of ketones is 1. The molecule has 0 saturated carbocycles. The number of Topliss-reactive ketones (excluding diaryl/α,β-unsaturated/α-hetero) is 1. The van der Waals surface area contributed by atoms with E-state index in [1.807, 2.05) is 4.90 Å². The minimum Gasteiger partial charge on any atom is -0.331 e. The number of carbonyl (C=O) groups excluding carboxylic acids is 2. The van der Waals surface area contributed by atoms with Gasteiger partial charge < -0.3 is 4.90 Å². The van der Waals surface area contributed by atoms with Gasteiger partial charge in [0.25, 0.3) is 0 Å². The maximum absolute atomic E-state index is 12.9. The smallest absolute Gasteiger partial charge is 0.242 e. The van der Waals surface area contributed by atoms with Crippen molar-refractivity contribution in [3.05, 3.63) is 35.4 Å². The first-order valence-corrected chi connectivity index (χ1v) is 11.2. The van der Waals surface area contributed by atoms with Gasteiger partial charge in [0.05, 0.1) is 11.1 Å². The number of hydrogen-bond donors (Lipinski definition) is 1. The van der Waals surface area contributed by atoms with Crippen LogP contribution in [0.5, 0.6) is 0 Å². The molecule has 25 heavy (non-hydrogen) atoms. The number of nitrogens with zero attached hydrogens (tertiary/aromatic N) is 1. The van der Waals surface area contributed by atoms with E-state index in [1.54, 1.807) is 23.5 Å². The van der Waals surface area contributed by atoms with Crippen LogP contribution in [0.1, 0.15) is 24.0 Å². The van der Waals surface area contributed by atoms with Gasteiger partial charge in [0.1, 0.15) is 11.8 Å². The second-order valence-corrected chi connectivity index (χ2v) is 9.30. The standard InChI is InChI=1S/C19H24N2O2S2/c22-16(10-13-5-6-14-3-1-2-4-15(14)9-13)18-17(20-11-25-18)19(23)21-7-8-24-12-21/h1-4,13,17-18,20H,5-12H2/t13-,17-,18?/m0/s1. The van der Waals surface area contributed by atoms with Crippen LogP contribution in [0.2, 0.25) is 0 Å². The normalized spacial score (nSPS) is 28.8. The van der Waals surface area contributed by atoms with Crippen LogP contribution in [-0.2, 0) is 22.4 Å². The van der Waals surface area contributed by atoms with Gasteiger partial charge in [-0.2, -0.15) is 0 Å². The SMILES string of the molecule is O=C(C[C@H]1CCc2ccccc2C1)C1SCN[C@@H]1C(=O)N1CCSC1. The highest BCUT2D eigenvalue weighted by atomic mass is 32.2. The number of benzene rings is 1. The fourth-order valence-electron chi connectivity index (χ4n) is 4.06. The summed E-state index contributed by atoms with van der Waals surface area (Å²) in [4.78, 5) is 27.5. The highest BCUT2D eigenvalue weighted by Crippen LogP contribution is 2.31. The molecule has 3 atom stereocenters. The van der Waals surface area contributed by atoms with E-state index in [4.69, 9.17) is 0 Å². The van der Waals surface area contributed by atoms with Crippen molar-refractivity contribution in [1.29, 1.82) is 0 Å². The minimum atomic E-state index is -0.327. The minimum absolute atomic E-state index is 0.113. The molecule has 2 heterocycles. The summed E-state index contributed by atoms with van der Waals surface area (Å²) in [7, 11) is 0. The molecule has 0 bridgehead atoms. The highest BCUT2D eigenvalue weighted by molar-refractivity contribution is 8.01. The fourth-order valence-corrected chi connectivity index (χ4v) is 6.16. The molecule has 1 N–H and O–H groups in total. The van der Waals surface area contributed by atoms with Gasteiger partial charge in [-0.05, 0) is 36.3 Å². The van der Waals surface area contributed by atoms with Crippen LogP contribution in [-0.4, -0.2) is 51.9 Å². The van der Waals surface area contributed by atoms with Crippen LogP contribution < -0.4 is 5.32 Å². The Balaban J connectivity index is 1.38. The Bertz CT molecular complexity index is 661. The molecule has 1 aliphatic carbocycles. The van der Waals surface area contributed by atoms with Crippen molar-refractivity contribution in [2.24, 2.45) is 5.92 Å². The predicted octanol–water partition coefficient (Wildman–Crippen LogP) is 2.31. The van der Waals surface area contributed by atoms with Gasteiger partial charge in [-0.15, -0.1) is 23.5 Å². The predicted molar refractivity (Wildman–Crippen MR) is 104 cm³/mol. The Labute approximate surface area is 157 Å². The molecule has 6 heteroatoms. The number of hydrogen-bond acceptors (Lipinski definition) is 5. The van der Waals surface area contributed by atoms with Gasteiger partial charge in [0.15, 0.2) is 0 Å². The van der Waals surface area contributed by atoms with E-state index in [1.165, 1.54) is 11.1 Å². The van der Waals surface area contributed by atoms with Crippen LogP contribution in [0.25, 0.3) is 0 Å². The van der Waals surface area contributed by atoms with Crippen LogP contribution in [0.3, 0.4) is 0 Å². The maximum Gasteiger partial charge on any atom is 0.242 e. The van der Waals surface area contributed by atoms with Gasteiger partial charge in [0.2, 0.25) is 5.91 Å². The van der Waals surface area contributed by atoms with Gasteiger partial charge in [-0.25, -0.2) is 0 Å². The summed E-state index contributed by atoms with van der Waals surface area (Å²) in [5, 5.41) is 3.05. The summed E-state index contributed by atoms with van der Waals surface area (Å²) in [6.07, 6.45) is 3.74. The summed E-state index contributed by atoms with van der Waals surface area (Å²) in [5.41, 5.74) is 2.83. The molecule has 0 radical (unpaired) electrons. The maximum atomic E-state index is 12.9. The molecule has 0 spiro atoms. The third kappa shape index (κ3) is 3.76. The monoisotopic (exact) mass is 376 g/mol. The van der Waals surface area contributed by atoms with Crippen molar-refractivity contribution in [3.63, 3.8) is 0 Å². The Morgan fingerprint density at radius 2 is 2.08 bits per heavy atom. The van der Waals surface area contributed by atoms with E-state index >= 15 is 0 Å². The summed E-state index contributed by atoms with van der Waals surface area (Å²) in [6.45, 7) is 0.812. The molecular weight excluding hydrogens is 352 g/mol. The van der Waals surface area contributed by atoms with E-state index in [-0.39, 0.29) is 23.0 Å². The molecule has 4 rings (SSSR count). The Morgan fingerprint density at radius 1 is 1.24 bits per heavy atom. The average molecular weight is 377 g/mol. The van der Waals surface area contributed by atoms with Crippen molar-refractivity contribution in [1.82, 2.24) is 10.2 Å². The number of nitrogens with one attached hydrogen (secondary N) is 1. The third-order valence-corrected chi connectivity index (χ3v) is 7.65. The Kier molecular flexibility index (Phi) is 5.39. The van der Waals surface area contributed by atoms with Crippen molar-refractivity contribution in [2.45, 2.75) is 37.0 Å². The largest absolute Gasteiger partial charge is 0.331 e. The molecule has 1 amide bonds. The zero-order chi connectivity index (χ0) is 17.2. The van der Waals surface area contributed by atoms with Crippen molar-refractivity contribution in [3.8, 4) is 0 Å². The fraction of sp³-hybridized carbons (Fsp3) is 0.579. The van der Waals surface area contributed by atoms with Gasteiger partial charge >= 0.3 is 0 Å². The Morgan fingerprint density at radius 3 is 2.88 bits per heavy atom. The zero-order valence-electron chi connectivity index (χ0n) is 14.3. The summed E-state index contributed by atoms with van der Waals surface area (Å²) in [6, 6.07) is 8.25. The van der Waals surface area contributed by atoms with Gasteiger partial charge in [0, 0.05) is 24.6 Å². The van der Waals surface area contributed by atoms with E-state index in [9.17, 15) is 9.59 Å². The van der Waals surface area contributed by atoms with Crippen molar-refractivity contribution < 1.29 is 9.59 Å². The molecule has 1 unspecified atom stereocenters. The first-order valence-electron chi connectivity index (χ1n) is 9.03. The van der Waals surface area contributed by atoms with E-state index < -0.39 is 0 Å². The molecule has 2 saturated heterocycles. The van der Waals surface area contributed by atoms with E-state index in [2.05, 4.69) is 29.6 Å². The van der Waals surface area contributed by atoms with Gasteiger partial charge in [-0.3, -0.25) is 14.9 Å². The quantitative estimate of drug-likeness (QED) is 0.874. The van der Waals surface area contributed by atoms with E-state index in [0.717, 1.165) is 37.4 Å². The Hall–Kier alpha value is -0.980. The molecule has 4 nitrogen and oxygen atoms in total. The number of rotatable bonds is 4. The molecule has 1 aromatic rings. The van der Waals surface area contributed by atoms with E-state index in [0.29, 0.717) is 18.2 Å². The van der Waals surface area contributed by atoms with Crippen LogP contribution in [0.15, 0.2) is 24.3 Å². The first-order chi connectivity index (χ1) is 12.2. The topological polar surface area (TPSA) is 49.4 Å².